The summed E-state index contributed by atoms with van der Waals surface area (Å²) in [4.78, 5) is 13.4. The minimum Gasteiger partial charge on any atom is -0.462 e. The molecule has 2 nitrogen and oxygen atoms in total. The Labute approximate surface area is 125 Å². The van der Waals surface area contributed by atoms with Gasteiger partial charge < -0.3 is 4.74 Å². The Morgan fingerprint density at radius 2 is 2.15 bits per heavy atom. The Bertz CT molecular complexity index is 491. The fraction of sp³-hybridized carbons (Fsp3) is 0.471. The topological polar surface area (TPSA) is 26.3 Å². The number of ether oxygens (including phenoxy) is 1. The van der Waals surface area contributed by atoms with Crippen molar-refractivity contribution in [1.29, 1.82) is 0 Å². The molecule has 0 aliphatic carbocycles. The van der Waals surface area contributed by atoms with Crippen LogP contribution < -0.4 is 0 Å². The van der Waals surface area contributed by atoms with Crippen LogP contribution in [0.25, 0.3) is 0 Å². The first kappa shape index (κ1) is 15.0. The molecule has 20 heavy (non-hydrogen) atoms. The molecule has 1 aromatic carbocycles. The molecule has 1 unspecified atom stereocenters. The molecule has 1 fully saturated rings. The summed E-state index contributed by atoms with van der Waals surface area (Å²) in [7, 11) is 0. The summed E-state index contributed by atoms with van der Waals surface area (Å²) in [5.41, 5.74) is 0. The van der Waals surface area contributed by atoms with E-state index in [2.05, 4.69) is 5.92 Å². The Morgan fingerprint density at radius 1 is 1.40 bits per heavy atom. The average molecular weight is 288 g/mol. The van der Waals surface area contributed by atoms with Gasteiger partial charge in [-0.1, -0.05) is 24.6 Å². The van der Waals surface area contributed by atoms with Crippen LogP contribution in [-0.4, -0.2) is 16.8 Å². The average Bonchev–Trinajstić information content (AvgIpc) is 2.71. The first-order valence-electron chi connectivity index (χ1n) is 7.05. The molecule has 1 aliphatic rings. The molecule has 0 aromatic heterocycles. The van der Waals surface area contributed by atoms with Crippen molar-refractivity contribution >= 4 is 17.7 Å². The Balaban J connectivity index is 2.08. The third-order valence-electron chi connectivity index (χ3n) is 3.51. The van der Waals surface area contributed by atoms with Crippen LogP contribution in [0.4, 0.5) is 0 Å². The summed E-state index contributed by atoms with van der Waals surface area (Å²) in [5.74, 6) is 2.58. The van der Waals surface area contributed by atoms with Gasteiger partial charge in [-0.25, -0.2) is 0 Å². The van der Waals surface area contributed by atoms with Crippen LogP contribution in [-0.2, 0) is 9.53 Å². The highest BCUT2D eigenvalue weighted by Gasteiger charge is 2.48. The summed E-state index contributed by atoms with van der Waals surface area (Å²) in [6, 6.07) is 10.1. The largest absolute Gasteiger partial charge is 0.462 e. The van der Waals surface area contributed by atoms with E-state index in [0.717, 1.165) is 37.0 Å². The second-order valence-electron chi connectivity index (χ2n) is 5.24. The summed E-state index contributed by atoms with van der Waals surface area (Å²) in [5, 5.41) is 0. The molecule has 0 saturated carbocycles. The highest BCUT2D eigenvalue weighted by Crippen LogP contribution is 2.45. The maximum atomic E-state index is 12.3. The molecule has 0 radical (unpaired) electrons. The highest BCUT2D eigenvalue weighted by atomic mass is 32.2. The van der Waals surface area contributed by atoms with E-state index in [4.69, 9.17) is 11.2 Å². The van der Waals surface area contributed by atoms with Crippen LogP contribution >= 0.6 is 11.8 Å². The summed E-state index contributed by atoms with van der Waals surface area (Å²) in [6.07, 6.45) is 9.60. The molecule has 1 aromatic rings. The van der Waals surface area contributed by atoms with Crippen LogP contribution in [0.15, 0.2) is 35.2 Å². The first-order valence-corrected chi connectivity index (χ1v) is 7.86. The number of rotatable bonds is 6. The lowest BCUT2D eigenvalue weighted by molar-refractivity contribution is -0.142. The predicted octanol–water partition coefficient (Wildman–Crippen LogP) is 4.05. The van der Waals surface area contributed by atoms with E-state index in [0.29, 0.717) is 0 Å². The van der Waals surface area contributed by atoms with Gasteiger partial charge in [0.05, 0.1) is 0 Å². The second kappa shape index (κ2) is 6.85. The molecular weight excluding hydrogens is 268 g/mol. The van der Waals surface area contributed by atoms with E-state index >= 15 is 0 Å². The Hall–Kier alpha value is -1.40. The first-order chi connectivity index (χ1) is 9.66. The van der Waals surface area contributed by atoms with Gasteiger partial charge >= 0.3 is 5.97 Å². The van der Waals surface area contributed by atoms with Crippen LogP contribution in [0, 0.1) is 12.3 Å². The van der Waals surface area contributed by atoms with Crippen molar-refractivity contribution < 1.29 is 9.53 Å². The predicted molar refractivity (Wildman–Crippen MR) is 82.5 cm³/mol. The Morgan fingerprint density at radius 3 is 2.75 bits per heavy atom. The number of hydrogen-bond donors (Lipinski definition) is 0. The molecular formula is C17H20O2S. The summed E-state index contributed by atoms with van der Waals surface area (Å²) < 4.78 is 4.97. The molecule has 0 amide bonds. The zero-order valence-corrected chi connectivity index (χ0v) is 12.6. The van der Waals surface area contributed by atoms with Crippen molar-refractivity contribution in [3.63, 3.8) is 0 Å². The zero-order valence-electron chi connectivity index (χ0n) is 11.8. The van der Waals surface area contributed by atoms with E-state index in [1.807, 2.05) is 37.3 Å². The van der Waals surface area contributed by atoms with Gasteiger partial charge in [-0.05, 0) is 31.9 Å². The van der Waals surface area contributed by atoms with Gasteiger partial charge in [0, 0.05) is 17.7 Å². The number of benzene rings is 1. The smallest absolute Gasteiger partial charge is 0.322 e. The molecule has 1 saturated heterocycles. The molecule has 0 bridgehead atoms. The normalized spacial score (nSPS) is 25.2. The van der Waals surface area contributed by atoms with E-state index in [-0.39, 0.29) is 12.1 Å². The van der Waals surface area contributed by atoms with E-state index in [9.17, 15) is 4.79 Å². The lowest BCUT2D eigenvalue weighted by Crippen LogP contribution is -2.30. The fourth-order valence-corrected chi connectivity index (χ4v) is 4.01. The van der Waals surface area contributed by atoms with Gasteiger partial charge in [-0.15, -0.1) is 24.1 Å². The molecule has 0 N–H and O–H groups in total. The van der Waals surface area contributed by atoms with Crippen LogP contribution in [0.2, 0.25) is 0 Å². The number of carbonyl (C=O) groups excluding carboxylic acids is 1. The van der Waals surface area contributed by atoms with Gasteiger partial charge in [0.25, 0.3) is 0 Å². The van der Waals surface area contributed by atoms with Crippen molar-refractivity contribution in [2.45, 2.75) is 54.8 Å². The molecule has 3 heteroatoms. The molecule has 106 valence electrons. The van der Waals surface area contributed by atoms with E-state index in [1.165, 1.54) is 0 Å². The quantitative estimate of drug-likeness (QED) is 0.449. The summed E-state index contributed by atoms with van der Waals surface area (Å²) in [6.45, 7) is 1.96. The maximum absolute atomic E-state index is 12.3. The van der Waals surface area contributed by atoms with Crippen molar-refractivity contribution in [3.8, 4) is 12.3 Å². The van der Waals surface area contributed by atoms with Crippen LogP contribution in [0.3, 0.4) is 0 Å². The van der Waals surface area contributed by atoms with Gasteiger partial charge in [-0.3, -0.25) is 4.79 Å². The fourth-order valence-electron chi connectivity index (χ4n) is 2.57. The SMILES string of the molecule is C#CCCCCC1(Sc2ccccc2)C[C@H](C)OC1=O. The minimum atomic E-state index is -0.435. The van der Waals surface area contributed by atoms with Crippen molar-refractivity contribution in [3.05, 3.63) is 30.3 Å². The van der Waals surface area contributed by atoms with E-state index < -0.39 is 4.75 Å². The van der Waals surface area contributed by atoms with Crippen molar-refractivity contribution in [2.75, 3.05) is 0 Å². The third-order valence-corrected chi connectivity index (χ3v) is 4.94. The van der Waals surface area contributed by atoms with Crippen LogP contribution in [0.5, 0.6) is 0 Å². The van der Waals surface area contributed by atoms with Crippen LogP contribution in [0.1, 0.15) is 39.0 Å². The number of unbranched alkanes of at least 4 members (excludes halogenated alkanes) is 2. The molecule has 1 heterocycles. The van der Waals surface area contributed by atoms with Crippen molar-refractivity contribution in [2.24, 2.45) is 0 Å². The standard InChI is InChI=1S/C17H20O2S/c1-3-4-5-9-12-17(13-14(2)19-16(17)18)20-15-10-7-6-8-11-15/h1,6-8,10-11,14H,4-5,9,12-13H2,2H3/t14-,17?/m0/s1. The lowest BCUT2D eigenvalue weighted by Gasteiger charge is -2.24. The molecule has 2 rings (SSSR count). The number of terminal acetylenes is 1. The number of esters is 1. The molecule has 2 atom stereocenters. The number of hydrogen-bond acceptors (Lipinski definition) is 3. The van der Waals surface area contributed by atoms with Gasteiger partial charge in [0.15, 0.2) is 0 Å². The molecule has 1 aliphatic heterocycles. The zero-order chi connectivity index (χ0) is 14.4. The third kappa shape index (κ3) is 3.58. The number of carbonyl (C=O) groups is 1. The van der Waals surface area contributed by atoms with Crippen molar-refractivity contribution in [1.82, 2.24) is 0 Å². The highest BCUT2D eigenvalue weighted by molar-refractivity contribution is 8.01. The second-order valence-corrected chi connectivity index (χ2v) is 6.70. The number of cyclic esters (lactones) is 1. The minimum absolute atomic E-state index is 0.00588. The van der Waals surface area contributed by atoms with Gasteiger partial charge in [0.1, 0.15) is 10.9 Å². The molecule has 0 spiro atoms. The summed E-state index contributed by atoms with van der Waals surface area (Å²) >= 11 is 1.64. The van der Waals surface area contributed by atoms with Gasteiger partial charge in [0.2, 0.25) is 0 Å². The lowest BCUT2D eigenvalue weighted by atomic mass is 9.97. The monoisotopic (exact) mass is 288 g/mol. The maximum Gasteiger partial charge on any atom is 0.322 e. The van der Waals surface area contributed by atoms with Gasteiger partial charge in [-0.2, -0.15) is 0 Å². The Kier molecular flexibility index (Phi) is 5.14. The van der Waals surface area contributed by atoms with E-state index in [1.54, 1.807) is 11.8 Å². The number of thioether (sulfide) groups is 1.